The number of likely N-dealkylation sites (tertiary alicyclic amines) is 1. The van der Waals surface area contributed by atoms with Gasteiger partial charge in [-0.05, 0) is 76.5 Å². The number of aromatic nitrogens is 6. The molecule has 0 saturated carbocycles. The Morgan fingerprint density at radius 2 is 1.92 bits per heavy atom. The molecule has 9 heteroatoms. The van der Waals surface area contributed by atoms with Gasteiger partial charge >= 0.3 is 0 Å². The standard InChI is InChI=1S/C27H28ClN7O/c1-17-31-21-4-3-20(13-23(21)32-17)36-25-6-5-22-27(26(25)28)33-24(15-29-22)19-14-30-35(16-19)12-9-18-7-10-34(2)11-8-18/h3-6,13-16,18H,7-12H2,1-2H3,(H,31,32). The van der Waals surface area contributed by atoms with Gasteiger partial charge in [-0.3, -0.25) is 9.67 Å². The van der Waals surface area contributed by atoms with Crippen molar-refractivity contribution < 1.29 is 4.74 Å². The molecule has 4 heterocycles. The molecule has 6 rings (SSSR count). The highest BCUT2D eigenvalue weighted by Gasteiger charge is 2.17. The van der Waals surface area contributed by atoms with Gasteiger partial charge in [0.1, 0.15) is 27.9 Å². The summed E-state index contributed by atoms with van der Waals surface area (Å²) in [7, 11) is 2.20. The number of hydrogen-bond acceptors (Lipinski definition) is 6. The summed E-state index contributed by atoms with van der Waals surface area (Å²) < 4.78 is 8.12. The molecule has 36 heavy (non-hydrogen) atoms. The van der Waals surface area contributed by atoms with E-state index >= 15 is 0 Å². The lowest BCUT2D eigenvalue weighted by Crippen LogP contribution is -2.30. The van der Waals surface area contributed by atoms with Gasteiger partial charge in [0, 0.05) is 24.4 Å². The predicted octanol–water partition coefficient (Wildman–Crippen LogP) is 5.86. The summed E-state index contributed by atoms with van der Waals surface area (Å²) in [6.07, 6.45) is 9.33. The lowest BCUT2D eigenvalue weighted by Gasteiger charge is -2.28. The van der Waals surface area contributed by atoms with Crippen LogP contribution in [-0.4, -0.2) is 54.8 Å². The molecule has 1 N–H and O–H groups in total. The number of rotatable bonds is 6. The zero-order valence-electron chi connectivity index (χ0n) is 20.4. The number of ether oxygens (including phenoxy) is 1. The maximum atomic E-state index is 6.75. The Labute approximate surface area is 214 Å². The van der Waals surface area contributed by atoms with Crippen LogP contribution in [-0.2, 0) is 6.54 Å². The Morgan fingerprint density at radius 1 is 1.08 bits per heavy atom. The minimum Gasteiger partial charge on any atom is -0.456 e. The summed E-state index contributed by atoms with van der Waals surface area (Å²) in [6.45, 7) is 5.21. The van der Waals surface area contributed by atoms with Crippen LogP contribution in [0.3, 0.4) is 0 Å². The number of aryl methyl sites for hydroxylation is 2. The molecule has 0 radical (unpaired) electrons. The van der Waals surface area contributed by atoms with Crippen molar-refractivity contribution >= 4 is 33.7 Å². The molecule has 0 atom stereocenters. The van der Waals surface area contributed by atoms with Crippen LogP contribution < -0.4 is 4.74 Å². The second-order valence-corrected chi connectivity index (χ2v) is 10.0. The monoisotopic (exact) mass is 501 g/mol. The Hall–Kier alpha value is -3.49. The van der Waals surface area contributed by atoms with E-state index in [2.05, 4.69) is 32.0 Å². The van der Waals surface area contributed by atoms with Gasteiger partial charge < -0.3 is 14.6 Å². The van der Waals surface area contributed by atoms with E-state index < -0.39 is 0 Å². The number of piperidine rings is 1. The molecule has 184 valence electrons. The van der Waals surface area contributed by atoms with Crippen molar-refractivity contribution in [2.24, 2.45) is 5.92 Å². The van der Waals surface area contributed by atoms with Gasteiger partial charge in [0.25, 0.3) is 0 Å². The molecule has 5 aromatic rings. The van der Waals surface area contributed by atoms with Crippen LogP contribution in [0.1, 0.15) is 25.1 Å². The number of H-pyrrole nitrogens is 1. The number of halogens is 1. The van der Waals surface area contributed by atoms with Gasteiger partial charge in [-0.2, -0.15) is 5.10 Å². The maximum Gasteiger partial charge on any atom is 0.148 e. The largest absolute Gasteiger partial charge is 0.456 e. The smallest absolute Gasteiger partial charge is 0.148 e. The highest BCUT2D eigenvalue weighted by molar-refractivity contribution is 6.36. The minimum absolute atomic E-state index is 0.428. The van der Waals surface area contributed by atoms with Crippen molar-refractivity contribution in [3.05, 3.63) is 59.8 Å². The highest BCUT2D eigenvalue weighted by Crippen LogP contribution is 2.35. The molecule has 1 aliphatic heterocycles. The van der Waals surface area contributed by atoms with Gasteiger partial charge in [0.05, 0.1) is 34.6 Å². The van der Waals surface area contributed by atoms with E-state index in [1.807, 2.05) is 54.3 Å². The van der Waals surface area contributed by atoms with E-state index in [9.17, 15) is 0 Å². The quantitative estimate of drug-likeness (QED) is 0.314. The normalized spacial score (nSPS) is 15.2. The van der Waals surface area contributed by atoms with E-state index in [0.717, 1.165) is 47.0 Å². The molecule has 0 amide bonds. The molecular formula is C27H28ClN7O. The maximum absolute atomic E-state index is 6.75. The number of nitrogens with zero attached hydrogens (tertiary/aromatic N) is 6. The molecule has 1 aliphatic rings. The average molecular weight is 502 g/mol. The summed E-state index contributed by atoms with van der Waals surface area (Å²) in [5.74, 6) is 2.82. The second kappa shape index (κ2) is 9.52. The fraction of sp³-hybridized carbons (Fsp3) is 0.333. The number of fused-ring (bicyclic) bond motifs is 2. The Morgan fingerprint density at radius 3 is 2.78 bits per heavy atom. The number of nitrogens with one attached hydrogen (secondary N) is 1. The Balaban J connectivity index is 1.21. The first-order chi connectivity index (χ1) is 17.5. The third-order valence-electron chi connectivity index (χ3n) is 6.95. The molecule has 1 fully saturated rings. The van der Waals surface area contributed by atoms with Crippen LogP contribution in [0.15, 0.2) is 48.9 Å². The van der Waals surface area contributed by atoms with Crippen LogP contribution in [0.25, 0.3) is 33.3 Å². The fourth-order valence-corrected chi connectivity index (χ4v) is 5.08. The van der Waals surface area contributed by atoms with Crippen molar-refractivity contribution in [3.8, 4) is 22.8 Å². The summed E-state index contributed by atoms with van der Waals surface area (Å²) >= 11 is 6.75. The number of aromatic amines is 1. The highest BCUT2D eigenvalue weighted by atomic mass is 35.5. The van der Waals surface area contributed by atoms with Crippen molar-refractivity contribution in [2.45, 2.75) is 32.7 Å². The van der Waals surface area contributed by atoms with Gasteiger partial charge in [-0.25, -0.2) is 9.97 Å². The van der Waals surface area contributed by atoms with E-state index in [-0.39, 0.29) is 0 Å². The van der Waals surface area contributed by atoms with Crippen molar-refractivity contribution in [1.29, 1.82) is 0 Å². The lowest BCUT2D eigenvalue weighted by molar-refractivity contribution is 0.206. The molecule has 8 nitrogen and oxygen atoms in total. The number of benzene rings is 2. The zero-order chi connectivity index (χ0) is 24.6. The summed E-state index contributed by atoms with van der Waals surface area (Å²) in [6, 6.07) is 9.41. The van der Waals surface area contributed by atoms with Crippen LogP contribution in [0.5, 0.6) is 11.5 Å². The number of imidazole rings is 1. The summed E-state index contributed by atoms with van der Waals surface area (Å²) in [5.41, 5.74) is 4.79. The minimum atomic E-state index is 0.428. The molecule has 0 bridgehead atoms. The molecule has 1 saturated heterocycles. The topological polar surface area (TPSA) is 84.8 Å². The lowest BCUT2D eigenvalue weighted by atomic mass is 9.94. The molecule has 0 spiro atoms. The summed E-state index contributed by atoms with van der Waals surface area (Å²) in [4.78, 5) is 19.5. The van der Waals surface area contributed by atoms with Crippen molar-refractivity contribution in [2.75, 3.05) is 20.1 Å². The number of hydrogen-bond donors (Lipinski definition) is 1. The van der Waals surface area contributed by atoms with Crippen LogP contribution in [0.2, 0.25) is 5.02 Å². The van der Waals surface area contributed by atoms with E-state index in [0.29, 0.717) is 27.6 Å². The first kappa shape index (κ1) is 22.9. The molecule has 0 unspecified atom stereocenters. The SMILES string of the molecule is Cc1nc2ccc(Oc3ccc4ncc(-c5cnn(CCC6CCN(C)CC6)c5)nc4c3Cl)cc2[nH]1. The Bertz CT molecular complexity index is 1530. The molecule has 2 aromatic carbocycles. The third kappa shape index (κ3) is 4.66. The van der Waals surface area contributed by atoms with Gasteiger partial charge in [0.2, 0.25) is 0 Å². The summed E-state index contributed by atoms with van der Waals surface area (Å²) in [5, 5.41) is 5.00. The van der Waals surface area contributed by atoms with Crippen LogP contribution in [0.4, 0.5) is 0 Å². The molecule has 0 aliphatic carbocycles. The van der Waals surface area contributed by atoms with E-state index in [1.165, 1.54) is 25.9 Å². The third-order valence-corrected chi connectivity index (χ3v) is 7.32. The first-order valence-corrected chi connectivity index (χ1v) is 12.7. The Kier molecular flexibility index (Phi) is 6.07. The van der Waals surface area contributed by atoms with Crippen molar-refractivity contribution in [3.63, 3.8) is 0 Å². The average Bonchev–Trinajstić information content (AvgIpc) is 3.51. The van der Waals surface area contributed by atoms with Crippen LogP contribution in [0, 0.1) is 12.8 Å². The van der Waals surface area contributed by atoms with E-state index in [4.69, 9.17) is 21.3 Å². The van der Waals surface area contributed by atoms with Crippen molar-refractivity contribution in [1.82, 2.24) is 34.6 Å². The van der Waals surface area contributed by atoms with E-state index in [1.54, 1.807) is 6.20 Å². The first-order valence-electron chi connectivity index (χ1n) is 12.3. The molecule has 3 aromatic heterocycles. The van der Waals surface area contributed by atoms with Crippen LogP contribution >= 0.6 is 11.6 Å². The second-order valence-electron chi connectivity index (χ2n) is 9.63. The fourth-order valence-electron chi connectivity index (χ4n) is 4.83. The van der Waals surface area contributed by atoms with Gasteiger partial charge in [-0.1, -0.05) is 11.6 Å². The van der Waals surface area contributed by atoms with Gasteiger partial charge in [-0.15, -0.1) is 0 Å². The predicted molar refractivity (Wildman–Crippen MR) is 142 cm³/mol. The van der Waals surface area contributed by atoms with Gasteiger partial charge in [0.15, 0.2) is 0 Å². The molecular weight excluding hydrogens is 474 g/mol. The zero-order valence-corrected chi connectivity index (χ0v) is 21.2.